The van der Waals surface area contributed by atoms with Crippen molar-refractivity contribution in [3.8, 4) is 0 Å². The second-order valence-electron chi connectivity index (χ2n) is 5.08. The average Bonchev–Trinajstić information content (AvgIpc) is 2.29. The molecule has 0 aliphatic rings. The zero-order chi connectivity index (χ0) is 14.7. The molecule has 0 atom stereocenters. The molecule has 0 fully saturated rings. The Bertz CT molecular complexity index is 341. The van der Waals surface area contributed by atoms with Crippen molar-refractivity contribution in [2.45, 2.75) is 65.2 Å². The van der Waals surface area contributed by atoms with E-state index in [4.69, 9.17) is 0 Å². The van der Waals surface area contributed by atoms with Crippen LogP contribution < -0.4 is 29.6 Å². The zero-order valence-electron chi connectivity index (χ0n) is 12.9. The van der Waals surface area contributed by atoms with Gasteiger partial charge in [-0.25, -0.2) is 8.42 Å². The van der Waals surface area contributed by atoms with Crippen LogP contribution in [0.4, 0.5) is 0 Å². The van der Waals surface area contributed by atoms with Crippen LogP contribution in [0.3, 0.4) is 0 Å². The molecule has 0 saturated carbocycles. The first-order valence-electron chi connectivity index (χ1n) is 6.96. The molecule has 5 nitrogen and oxygen atoms in total. The summed E-state index contributed by atoms with van der Waals surface area (Å²) >= 11 is 0. The molecule has 0 unspecified atom stereocenters. The fourth-order valence-corrected chi connectivity index (χ4v) is 2.06. The minimum atomic E-state index is -4.53. The van der Waals surface area contributed by atoms with Gasteiger partial charge in [0.1, 0.15) is 5.78 Å². The predicted octanol–water partition coefficient (Wildman–Crippen LogP) is -0.187. The number of carbonyl (C=O) groups excluding carboxylic acids is 1. The fraction of sp³-hybridized carbons (Fsp3) is 0.923. The topological polar surface area (TPSA) is 83.5 Å². The van der Waals surface area contributed by atoms with Crippen LogP contribution in [0.1, 0.15) is 65.2 Å². The van der Waals surface area contributed by atoms with E-state index >= 15 is 0 Å². The van der Waals surface area contributed by atoms with Gasteiger partial charge >= 0.3 is 29.6 Å². The summed E-state index contributed by atoms with van der Waals surface area (Å²) in [5.41, 5.74) is 0. The predicted molar refractivity (Wildman–Crippen MR) is 72.4 cm³/mol. The third-order valence-electron chi connectivity index (χ3n) is 2.94. The van der Waals surface area contributed by atoms with Crippen molar-refractivity contribution in [1.82, 2.24) is 0 Å². The van der Waals surface area contributed by atoms with Crippen LogP contribution in [0, 0.1) is 5.92 Å². The molecule has 0 amide bonds. The summed E-state index contributed by atoms with van der Waals surface area (Å²) in [6.07, 6.45) is 7.30. The molecule has 0 spiro atoms. The summed E-state index contributed by atoms with van der Waals surface area (Å²) in [7, 11) is -4.53. The summed E-state index contributed by atoms with van der Waals surface area (Å²) in [5.74, 6) is 0.466. The second kappa shape index (κ2) is 13.2. The molecule has 20 heavy (non-hydrogen) atoms. The van der Waals surface area contributed by atoms with E-state index in [0.29, 0.717) is 18.6 Å². The first kappa shape index (κ1) is 22.8. The van der Waals surface area contributed by atoms with Crippen molar-refractivity contribution >= 4 is 16.2 Å². The Morgan fingerprint density at radius 1 is 1.00 bits per heavy atom. The third-order valence-corrected chi connectivity index (χ3v) is 3.39. The zero-order valence-corrected chi connectivity index (χ0v) is 15.7. The number of unbranched alkanes of at least 4 members (excludes halogenated alkanes) is 6. The molecule has 7 heteroatoms. The Hall–Kier alpha value is 0.540. The Morgan fingerprint density at radius 2 is 1.45 bits per heavy atom. The molecule has 0 N–H and O–H groups in total. The maximum atomic E-state index is 11.3. The molecule has 0 rings (SSSR count). The smallest absolute Gasteiger partial charge is 0.726 e. The van der Waals surface area contributed by atoms with E-state index in [2.05, 4.69) is 4.18 Å². The molecule has 0 bridgehead atoms. The third kappa shape index (κ3) is 16.6. The second-order valence-corrected chi connectivity index (χ2v) is 6.13. The summed E-state index contributed by atoms with van der Waals surface area (Å²) < 4.78 is 34.5. The minimum absolute atomic E-state index is 0. The molecular weight excluding hydrogens is 291 g/mol. The maximum Gasteiger partial charge on any atom is 1.00 e. The first-order valence-corrected chi connectivity index (χ1v) is 8.29. The van der Waals surface area contributed by atoms with Crippen LogP contribution in [-0.2, 0) is 19.4 Å². The van der Waals surface area contributed by atoms with E-state index in [-0.39, 0.29) is 42.1 Å². The van der Waals surface area contributed by atoms with Crippen molar-refractivity contribution in [1.29, 1.82) is 0 Å². The molecule has 0 saturated heterocycles. The van der Waals surface area contributed by atoms with Crippen LogP contribution in [0.2, 0.25) is 0 Å². The number of Topliss-reactive ketones (excluding diaryl/α,β-unsaturated/α-hetero) is 1. The molecule has 0 aromatic carbocycles. The summed E-state index contributed by atoms with van der Waals surface area (Å²) in [6, 6.07) is 0. The van der Waals surface area contributed by atoms with Gasteiger partial charge in [0.05, 0.1) is 6.61 Å². The molecule has 0 heterocycles. The Morgan fingerprint density at radius 3 is 1.90 bits per heavy atom. The quantitative estimate of drug-likeness (QED) is 0.216. The number of hydrogen-bond acceptors (Lipinski definition) is 5. The van der Waals surface area contributed by atoms with Gasteiger partial charge in [-0.05, 0) is 12.8 Å². The SMILES string of the molecule is CC(C)C(=O)CCCCCCCCCOS(=O)(=O)[O-].[Na+]. The van der Waals surface area contributed by atoms with E-state index in [1.807, 2.05) is 13.8 Å². The van der Waals surface area contributed by atoms with E-state index in [0.717, 1.165) is 38.5 Å². The first-order chi connectivity index (χ1) is 8.83. The average molecular weight is 316 g/mol. The fourth-order valence-electron chi connectivity index (χ4n) is 1.73. The normalized spacial score (nSPS) is 11.4. The molecule has 0 aromatic heterocycles. The van der Waals surface area contributed by atoms with Gasteiger partial charge in [-0.15, -0.1) is 0 Å². The molecule has 0 radical (unpaired) electrons. The van der Waals surface area contributed by atoms with Crippen LogP contribution in [0.25, 0.3) is 0 Å². The molecule has 0 aliphatic heterocycles. The van der Waals surface area contributed by atoms with Gasteiger partial charge < -0.3 is 4.55 Å². The molecule has 114 valence electrons. The summed E-state index contributed by atoms with van der Waals surface area (Å²) in [4.78, 5) is 11.3. The standard InChI is InChI=1S/C13H26O5S.Na/c1-12(2)13(14)10-8-6-4-3-5-7-9-11-18-19(15,16)17;/h12H,3-11H2,1-2H3,(H,15,16,17);/q;+1/p-1. The molecule has 0 aromatic rings. The van der Waals surface area contributed by atoms with Crippen LogP contribution in [0.5, 0.6) is 0 Å². The number of rotatable bonds is 12. The van der Waals surface area contributed by atoms with Gasteiger partial charge in [-0.2, -0.15) is 0 Å². The number of carbonyl (C=O) groups is 1. The van der Waals surface area contributed by atoms with Crippen molar-refractivity contribution in [2.24, 2.45) is 5.92 Å². The van der Waals surface area contributed by atoms with Gasteiger partial charge in [-0.3, -0.25) is 8.98 Å². The van der Waals surface area contributed by atoms with Crippen molar-refractivity contribution < 1.29 is 51.5 Å². The molecule has 0 aliphatic carbocycles. The Labute approximate surface area is 145 Å². The van der Waals surface area contributed by atoms with E-state index in [1.165, 1.54) is 0 Å². The Balaban J connectivity index is 0. The summed E-state index contributed by atoms with van der Waals surface area (Å²) in [6.45, 7) is 3.83. The largest absolute Gasteiger partial charge is 1.00 e. The maximum absolute atomic E-state index is 11.3. The number of hydrogen-bond donors (Lipinski definition) is 0. The van der Waals surface area contributed by atoms with Gasteiger partial charge in [0.15, 0.2) is 0 Å². The van der Waals surface area contributed by atoms with Gasteiger partial charge in [0.2, 0.25) is 10.4 Å². The monoisotopic (exact) mass is 316 g/mol. The Kier molecular flexibility index (Phi) is 15.1. The van der Waals surface area contributed by atoms with Crippen LogP contribution >= 0.6 is 0 Å². The molecular formula is C13H25NaO5S. The summed E-state index contributed by atoms with van der Waals surface area (Å²) in [5, 5.41) is 0. The van der Waals surface area contributed by atoms with E-state index in [1.54, 1.807) is 0 Å². The van der Waals surface area contributed by atoms with E-state index in [9.17, 15) is 17.8 Å². The van der Waals surface area contributed by atoms with E-state index < -0.39 is 10.4 Å². The van der Waals surface area contributed by atoms with Gasteiger partial charge in [0.25, 0.3) is 0 Å². The minimum Gasteiger partial charge on any atom is -0.726 e. The van der Waals surface area contributed by atoms with Crippen molar-refractivity contribution in [2.75, 3.05) is 6.61 Å². The van der Waals surface area contributed by atoms with Crippen LogP contribution in [0.15, 0.2) is 0 Å². The van der Waals surface area contributed by atoms with Gasteiger partial charge in [0, 0.05) is 12.3 Å². The van der Waals surface area contributed by atoms with Crippen LogP contribution in [-0.4, -0.2) is 25.4 Å². The van der Waals surface area contributed by atoms with Crippen molar-refractivity contribution in [3.05, 3.63) is 0 Å². The van der Waals surface area contributed by atoms with Gasteiger partial charge in [-0.1, -0.05) is 46.0 Å². The number of ketones is 1. The van der Waals surface area contributed by atoms with Crippen molar-refractivity contribution in [3.63, 3.8) is 0 Å².